The molecule has 1 aliphatic rings. The Kier molecular flexibility index (Phi) is 2.13. The molecule has 1 atom stereocenters. The van der Waals surface area contributed by atoms with Gasteiger partial charge in [-0.15, -0.1) is 6.42 Å². The number of fused-ring (bicyclic) bond motifs is 1. The number of anilines is 1. The molecule has 1 aromatic heterocycles. The summed E-state index contributed by atoms with van der Waals surface area (Å²) < 4.78 is 0. The summed E-state index contributed by atoms with van der Waals surface area (Å²) in [7, 11) is 0. The number of aromatic nitrogens is 2. The minimum Gasteiger partial charge on any atom is -0.383 e. The minimum atomic E-state index is -0.0674. The SMILES string of the molecule is C#CCNC1C=Nc2ncnc(N)c21. The molecule has 0 aliphatic carbocycles. The van der Waals surface area contributed by atoms with E-state index in [2.05, 4.69) is 26.2 Å². The highest BCUT2D eigenvalue weighted by molar-refractivity contribution is 5.81. The Labute approximate surface area is 81.5 Å². The molecular formula is C9H9N5. The van der Waals surface area contributed by atoms with Gasteiger partial charge in [-0.05, 0) is 0 Å². The van der Waals surface area contributed by atoms with Crippen LogP contribution in [0.25, 0.3) is 0 Å². The number of terminal acetylenes is 1. The Morgan fingerprint density at radius 1 is 1.57 bits per heavy atom. The Bertz CT molecular complexity index is 418. The smallest absolute Gasteiger partial charge is 0.162 e. The summed E-state index contributed by atoms with van der Waals surface area (Å²) in [5.41, 5.74) is 6.52. The summed E-state index contributed by atoms with van der Waals surface area (Å²) in [4.78, 5) is 12.0. The van der Waals surface area contributed by atoms with Crippen LogP contribution in [-0.4, -0.2) is 22.7 Å². The summed E-state index contributed by atoms with van der Waals surface area (Å²) >= 11 is 0. The molecule has 0 spiro atoms. The monoisotopic (exact) mass is 187 g/mol. The van der Waals surface area contributed by atoms with Gasteiger partial charge in [-0.3, -0.25) is 5.32 Å². The van der Waals surface area contributed by atoms with Crippen LogP contribution in [-0.2, 0) is 0 Å². The molecule has 5 heteroatoms. The highest BCUT2D eigenvalue weighted by atomic mass is 15.1. The lowest BCUT2D eigenvalue weighted by molar-refractivity contribution is 0.729. The summed E-state index contributed by atoms with van der Waals surface area (Å²) in [6.45, 7) is 0.463. The zero-order valence-electron chi connectivity index (χ0n) is 7.44. The second kappa shape index (κ2) is 3.44. The first-order chi connectivity index (χ1) is 6.83. The lowest BCUT2D eigenvalue weighted by atomic mass is 10.1. The molecule has 2 rings (SSSR count). The quantitative estimate of drug-likeness (QED) is 0.641. The summed E-state index contributed by atoms with van der Waals surface area (Å²) in [6, 6.07) is -0.0674. The van der Waals surface area contributed by atoms with E-state index >= 15 is 0 Å². The van der Waals surface area contributed by atoms with Gasteiger partial charge < -0.3 is 5.73 Å². The molecule has 0 saturated heterocycles. The third-order valence-electron chi connectivity index (χ3n) is 1.97. The van der Waals surface area contributed by atoms with Crippen LogP contribution in [0.5, 0.6) is 0 Å². The van der Waals surface area contributed by atoms with Crippen molar-refractivity contribution < 1.29 is 0 Å². The van der Waals surface area contributed by atoms with E-state index in [9.17, 15) is 0 Å². The summed E-state index contributed by atoms with van der Waals surface area (Å²) in [5, 5.41) is 3.08. The van der Waals surface area contributed by atoms with Crippen LogP contribution in [0.3, 0.4) is 0 Å². The van der Waals surface area contributed by atoms with Crippen molar-refractivity contribution in [1.82, 2.24) is 15.3 Å². The lowest BCUT2D eigenvalue weighted by Crippen LogP contribution is -2.22. The molecule has 3 N–H and O–H groups in total. The maximum atomic E-state index is 5.71. The van der Waals surface area contributed by atoms with Gasteiger partial charge in [0.25, 0.3) is 0 Å². The lowest BCUT2D eigenvalue weighted by Gasteiger charge is -2.09. The largest absolute Gasteiger partial charge is 0.383 e. The fraction of sp³-hybridized carbons (Fsp3) is 0.222. The van der Waals surface area contributed by atoms with Crippen LogP contribution in [0.2, 0.25) is 0 Å². The fourth-order valence-electron chi connectivity index (χ4n) is 1.34. The molecular weight excluding hydrogens is 178 g/mol. The Balaban J connectivity index is 2.29. The number of rotatable bonds is 2. The Morgan fingerprint density at radius 2 is 2.43 bits per heavy atom. The predicted molar refractivity (Wildman–Crippen MR) is 54.2 cm³/mol. The zero-order chi connectivity index (χ0) is 9.97. The van der Waals surface area contributed by atoms with Crippen molar-refractivity contribution in [2.24, 2.45) is 4.99 Å². The van der Waals surface area contributed by atoms with Crippen molar-refractivity contribution in [2.45, 2.75) is 6.04 Å². The molecule has 1 unspecified atom stereocenters. The van der Waals surface area contributed by atoms with E-state index in [4.69, 9.17) is 12.2 Å². The molecule has 0 aromatic carbocycles. The number of nitrogen functional groups attached to an aromatic ring is 1. The van der Waals surface area contributed by atoms with E-state index in [1.165, 1.54) is 6.33 Å². The highest BCUT2D eigenvalue weighted by Crippen LogP contribution is 2.31. The van der Waals surface area contributed by atoms with Gasteiger partial charge in [-0.2, -0.15) is 0 Å². The van der Waals surface area contributed by atoms with E-state index in [1.807, 2.05) is 0 Å². The molecule has 0 bridgehead atoms. The van der Waals surface area contributed by atoms with Gasteiger partial charge in [0.2, 0.25) is 0 Å². The van der Waals surface area contributed by atoms with Gasteiger partial charge in [0.1, 0.15) is 12.1 Å². The van der Waals surface area contributed by atoms with Gasteiger partial charge in [-0.25, -0.2) is 15.0 Å². The Morgan fingerprint density at radius 3 is 3.21 bits per heavy atom. The third-order valence-corrected chi connectivity index (χ3v) is 1.97. The summed E-state index contributed by atoms with van der Waals surface area (Å²) in [6.07, 6.45) is 8.27. The van der Waals surface area contributed by atoms with Crippen molar-refractivity contribution in [3.63, 3.8) is 0 Å². The van der Waals surface area contributed by atoms with Gasteiger partial charge in [0.15, 0.2) is 5.82 Å². The first kappa shape index (κ1) is 8.66. The van der Waals surface area contributed by atoms with Gasteiger partial charge in [0.05, 0.1) is 18.2 Å². The van der Waals surface area contributed by atoms with Crippen LogP contribution < -0.4 is 11.1 Å². The van der Waals surface area contributed by atoms with Crippen molar-refractivity contribution in [2.75, 3.05) is 12.3 Å². The summed E-state index contributed by atoms with van der Waals surface area (Å²) in [5.74, 6) is 3.55. The van der Waals surface area contributed by atoms with Crippen molar-refractivity contribution in [3.05, 3.63) is 11.9 Å². The van der Waals surface area contributed by atoms with Gasteiger partial charge >= 0.3 is 0 Å². The molecule has 14 heavy (non-hydrogen) atoms. The first-order valence-corrected chi connectivity index (χ1v) is 4.14. The number of hydrogen-bond donors (Lipinski definition) is 2. The molecule has 70 valence electrons. The molecule has 5 nitrogen and oxygen atoms in total. The average molecular weight is 187 g/mol. The topological polar surface area (TPSA) is 76.2 Å². The van der Waals surface area contributed by atoms with Gasteiger partial charge in [0, 0.05) is 6.21 Å². The van der Waals surface area contributed by atoms with Crippen molar-refractivity contribution >= 4 is 17.9 Å². The van der Waals surface area contributed by atoms with Crippen LogP contribution in [0.15, 0.2) is 11.3 Å². The highest BCUT2D eigenvalue weighted by Gasteiger charge is 2.22. The average Bonchev–Trinajstić information content (AvgIpc) is 2.59. The molecule has 0 radical (unpaired) electrons. The second-order valence-corrected chi connectivity index (χ2v) is 2.84. The first-order valence-electron chi connectivity index (χ1n) is 4.14. The Hall–Kier alpha value is -1.93. The molecule has 1 aliphatic heterocycles. The van der Waals surface area contributed by atoms with Gasteiger partial charge in [-0.1, -0.05) is 5.92 Å². The number of nitrogens with zero attached hydrogens (tertiary/aromatic N) is 3. The fourth-order valence-corrected chi connectivity index (χ4v) is 1.34. The second-order valence-electron chi connectivity index (χ2n) is 2.84. The standard InChI is InChI=1S/C9H9N5/c1-2-3-11-6-4-12-9-7(6)8(10)13-5-14-9/h1,4-6,11H,3H2,(H2,10,13,14). The number of aliphatic imine (C=N–C) groups is 1. The molecule has 2 heterocycles. The van der Waals surface area contributed by atoms with E-state index in [1.54, 1.807) is 6.21 Å². The van der Waals surface area contributed by atoms with E-state index in [-0.39, 0.29) is 6.04 Å². The maximum Gasteiger partial charge on any atom is 0.162 e. The molecule has 0 fully saturated rings. The third kappa shape index (κ3) is 1.32. The normalized spacial score (nSPS) is 17.8. The van der Waals surface area contributed by atoms with Crippen LogP contribution in [0, 0.1) is 12.3 Å². The number of nitrogens with one attached hydrogen (secondary N) is 1. The van der Waals surface area contributed by atoms with Crippen LogP contribution in [0.1, 0.15) is 11.6 Å². The van der Waals surface area contributed by atoms with E-state index in [0.717, 1.165) is 5.56 Å². The molecule has 0 saturated carbocycles. The van der Waals surface area contributed by atoms with Crippen LogP contribution >= 0.6 is 0 Å². The van der Waals surface area contributed by atoms with Crippen molar-refractivity contribution in [1.29, 1.82) is 0 Å². The number of nitrogens with two attached hydrogens (primary N) is 1. The van der Waals surface area contributed by atoms with Crippen LogP contribution in [0.4, 0.5) is 11.6 Å². The van der Waals surface area contributed by atoms with E-state index < -0.39 is 0 Å². The molecule has 0 amide bonds. The zero-order valence-corrected chi connectivity index (χ0v) is 7.44. The van der Waals surface area contributed by atoms with Crippen molar-refractivity contribution in [3.8, 4) is 12.3 Å². The number of hydrogen-bond acceptors (Lipinski definition) is 5. The van der Waals surface area contributed by atoms with E-state index in [0.29, 0.717) is 18.2 Å². The minimum absolute atomic E-state index is 0.0674. The molecule has 1 aromatic rings. The maximum absolute atomic E-state index is 5.71. The predicted octanol–water partition coefficient (Wildman–Crippen LogP) is 0.0386.